The summed E-state index contributed by atoms with van der Waals surface area (Å²) in [6.07, 6.45) is 0. The minimum absolute atomic E-state index is 0.114. The van der Waals surface area contributed by atoms with Crippen molar-refractivity contribution in [3.05, 3.63) is 175 Å². The molecule has 2 aliphatic rings. The summed E-state index contributed by atoms with van der Waals surface area (Å²) < 4.78 is 0. The highest BCUT2D eigenvalue weighted by Crippen LogP contribution is 2.60. The predicted octanol–water partition coefficient (Wildman–Crippen LogP) is 21.7. The molecule has 6 aromatic rings. The van der Waals surface area contributed by atoms with Gasteiger partial charge in [-0.05, 0) is 205 Å². The lowest BCUT2D eigenvalue weighted by molar-refractivity contribution is 0.568. The van der Waals surface area contributed by atoms with Gasteiger partial charge in [0.2, 0.25) is 0 Å². The Morgan fingerprint density at radius 2 is 0.449 bits per heavy atom. The van der Waals surface area contributed by atoms with E-state index in [-0.39, 0.29) is 43.3 Å². The van der Waals surface area contributed by atoms with E-state index in [1.807, 2.05) is 0 Å². The molecule has 0 spiro atoms. The fraction of sp³-hybridized carbons (Fsp3) is 0.486. The number of benzene rings is 6. The van der Waals surface area contributed by atoms with Crippen LogP contribution >= 0.6 is 0 Å². The van der Waals surface area contributed by atoms with E-state index < -0.39 is 0 Å². The predicted molar refractivity (Wildman–Crippen MR) is 343 cm³/mol. The van der Waals surface area contributed by atoms with E-state index in [2.05, 4.69) is 311 Å². The van der Waals surface area contributed by atoms with Crippen LogP contribution in [0.2, 0.25) is 0 Å². The van der Waals surface area contributed by atoms with Gasteiger partial charge in [0.15, 0.2) is 11.6 Å². The van der Waals surface area contributed by atoms with E-state index in [0.717, 1.165) is 28.7 Å². The Kier molecular flexibility index (Phi) is 14.2. The molecule has 0 fully saturated rings. The summed E-state index contributed by atoms with van der Waals surface area (Å²) in [4.78, 5) is 10.7. The Balaban J connectivity index is 1.75. The lowest BCUT2D eigenvalue weighted by Crippen LogP contribution is -2.35. The van der Waals surface area contributed by atoms with Gasteiger partial charge in [-0.2, -0.15) is 0 Å². The number of hydrogen-bond acceptors (Lipinski definition) is 4. The summed E-state index contributed by atoms with van der Waals surface area (Å²) in [6, 6.07) is 39.8. The average molecular weight is 1050 g/mol. The number of nitrogens with zero attached hydrogens (tertiary/aromatic N) is 4. The van der Waals surface area contributed by atoms with E-state index in [0.29, 0.717) is 0 Å². The molecule has 0 unspecified atom stereocenters. The molecule has 8 rings (SSSR count). The first-order valence-electron chi connectivity index (χ1n) is 29.2. The standard InChI is InChI=1S/C74H100N4/c1-45-31-61-62(32-46(45)2)76(57-40-52(70(14,15)16)36-53(41-57)71(17,18)19)65(75(61)56-38-50(68(8,9)10)35-51(39-56)69(11,12)13)66-77(58-42-54(72(20,21)22)37-55(43-58)73(23,24)25)63-33-47(3)48(4)34-64(63)78(66)60-44-49(67(5,6)7)29-30-59(60)74(26,27)28/h29-44H,1-28H3. The highest BCUT2D eigenvalue weighted by atomic mass is 15.5. The van der Waals surface area contributed by atoms with Crippen molar-refractivity contribution >= 4 is 45.5 Å². The summed E-state index contributed by atoms with van der Waals surface area (Å²) in [6.45, 7) is 66.1. The van der Waals surface area contributed by atoms with Crippen LogP contribution in [-0.2, 0) is 43.3 Å². The van der Waals surface area contributed by atoms with Gasteiger partial charge in [0.05, 0.1) is 28.4 Å². The number of anilines is 8. The molecule has 2 aliphatic heterocycles. The van der Waals surface area contributed by atoms with E-state index in [9.17, 15) is 0 Å². The molecule has 0 N–H and O–H groups in total. The molecule has 2 heterocycles. The number of aryl methyl sites for hydroxylation is 4. The van der Waals surface area contributed by atoms with Crippen LogP contribution in [0.3, 0.4) is 0 Å². The first-order chi connectivity index (χ1) is 35.4. The summed E-state index contributed by atoms with van der Waals surface area (Å²) in [7, 11) is 0. The number of rotatable bonds is 4. The second kappa shape index (κ2) is 18.9. The Morgan fingerprint density at radius 3 is 0.679 bits per heavy atom. The van der Waals surface area contributed by atoms with Crippen LogP contribution in [0.5, 0.6) is 0 Å². The molecule has 0 atom stereocenters. The van der Waals surface area contributed by atoms with Crippen molar-refractivity contribution in [2.45, 2.75) is 237 Å². The molecule has 6 aromatic carbocycles. The molecule has 0 saturated heterocycles. The summed E-state index contributed by atoms with van der Waals surface area (Å²) in [5.74, 6) is 2.19. The van der Waals surface area contributed by atoms with Crippen LogP contribution in [0, 0.1) is 27.7 Å². The average Bonchev–Trinajstić information content (AvgIpc) is 3.95. The monoisotopic (exact) mass is 1040 g/mol. The Labute approximate surface area is 475 Å². The van der Waals surface area contributed by atoms with Crippen LogP contribution in [-0.4, -0.2) is 0 Å². The highest BCUT2D eigenvalue weighted by Gasteiger charge is 2.47. The summed E-state index contributed by atoms with van der Waals surface area (Å²) >= 11 is 0. The summed E-state index contributed by atoms with van der Waals surface area (Å²) in [5, 5.41) is 0. The van der Waals surface area contributed by atoms with Crippen LogP contribution in [0.25, 0.3) is 0 Å². The molecule has 0 amide bonds. The van der Waals surface area contributed by atoms with Gasteiger partial charge in [-0.15, -0.1) is 0 Å². The minimum Gasteiger partial charge on any atom is -0.291 e. The van der Waals surface area contributed by atoms with Gasteiger partial charge in [0, 0.05) is 17.1 Å². The molecule has 0 aromatic heterocycles. The van der Waals surface area contributed by atoms with Gasteiger partial charge >= 0.3 is 0 Å². The molecular weight excluding hydrogens is 945 g/mol. The lowest BCUT2D eigenvalue weighted by Gasteiger charge is -2.38. The van der Waals surface area contributed by atoms with Crippen molar-refractivity contribution in [3.8, 4) is 0 Å². The molecular formula is C74H100N4. The third kappa shape index (κ3) is 11.0. The molecule has 0 bridgehead atoms. The zero-order valence-electron chi connectivity index (χ0n) is 54.0. The molecule has 0 aliphatic carbocycles. The van der Waals surface area contributed by atoms with Crippen LogP contribution in [0.4, 0.5) is 45.5 Å². The Hall–Kier alpha value is -5.74. The topological polar surface area (TPSA) is 13.0 Å². The molecule has 78 heavy (non-hydrogen) atoms. The van der Waals surface area contributed by atoms with Crippen molar-refractivity contribution in [2.24, 2.45) is 0 Å². The van der Waals surface area contributed by atoms with E-state index in [4.69, 9.17) is 0 Å². The van der Waals surface area contributed by atoms with Crippen LogP contribution < -0.4 is 19.6 Å². The normalized spacial score (nSPS) is 15.0. The first-order valence-corrected chi connectivity index (χ1v) is 29.2. The van der Waals surface area contributed by atoms with Gasteiger partial charge in [-0.25, -0.2) is 0 Å². The largest absolute Gasteiger partial charge is 0.291 e. The third-order valence-electron chi connectivity index (χ3n) is 16.8. The quantitative estimate of drug-likeness (QED) is 0.174. The fourth-order valence-electron chi connectivity index (χ4n) is 11.0. The molecule has 416 valence electrons. The molecule has 4 heteroatoms. The van der Waals surface area contributed by atoms with E-state index in [1.165, 1.54) is 95.2 Å². The maximum absolute atomic E-state index is 2.70. The maximum Gasteiger partial charge on any atom is 0.166 e. The van der Waals surface area contributed by atoms with Crippen molar-refractivity contribution < 1.29 is 0 Å². The van der Waals surface area contributed by atoms with Crippen molar-refractivity contribution in [1.29, 1.82) is 0 Å². The third-order valence-corrected chi connectivity index (χ3v) is 16.8. The van der Waals surface area contributed by atoms with Crippen LogP contribution in [0.15, 0.2) is 109 Å². The summed E-state index contributed by atoms with van der Waals surface area (Å²) in [5.41, 5.74) is 23.9. The van der Waals surface area contributed by atoms with Crippen molar-refractivity contribution in [1.82, 2.24) is 0 Å². The molecule has 0 saturated carbocycles. The zero-order chi connectivity index (χ0) is 58.3. The lowest BCUT2D eigenvalue weighted by atomic mass is 9.80. The number of hydrogen-bond donors (Lipinski definition) is 0. The van der Waals surface area contributed by atoms with Gasteiger partial charge in [-0.3, -0.25) is 19.6 Å². The molecule has 0 radical (unpaired) electrons. The Morgan fingerprint density at radius 1 is 0.218 bits per heavy atom. The van der Waals surface area contributed by atoms with Gasteiger partial charge < -0.3 is 0 Å². The van der Waals surface area contributed by atoms with Gasteiger partial charge in [-0.1, -0.05) is 197 Å². The van der Waals surface area contributed by atoms with Gasteiger partial charge in [0.25, 0.3) is 0 Å². The van der Waals surface area contributed by atoms with E-state index in [1.54, 1.807) is 0 Å². The fourth-order valence-corrected chi connectivity index (χ4v) is 11.0. The van der Waals surface area contributed by atoms with Crippen molar-refractivity contribution in [3.63, 3.8) is 0 Å². The van der Waals surface area contributed by atoms with Crippen LogP contribution in [0.1, 0.15) is 233 Å². The zero-order valence-corrected chi connectivity index (χ0v) is 54.0. The Bertz CT molecular complexity index is 3150. The smallest absolute Gasteiger partial charge is 0.166 e. The highest BCUT2D eigenvalue weighted by molar-refractivity contribution is 6.01. The number of fused-ring (bicyclic) bond motifs is 2. The second-order valence-corrected chi connectivity index (χ2v) is 31.9. The van der Waals surface area contributed by atoms with Crippen molar-refractivity contribution in [2.75, 3.05) is 19.6 Å². The van der Waals surface area contributed by atoms with Gasteiger partial charge in [0.1, 0.15) is 0 Å². The minimum atomic E-state index is -0.210. The molecule has 4 nitrogen and oxygen atoms in total. The first kappa shape index (κ1) is 58.4. The second-order valence-electron chi connectivity index (χ2n) is 31.9. The van der Waals surface area contributed by atoms with E-state index >= 15 is 0 Å². The maximum atomic E-state index is 2.70. The SMILES string of the molecule is Cc1cc2c(cc1C)N(c1cc(C(C)(C)C)cc(C(C)(C)C)c1)C(=C1N(c3cc(C(C)(C)C)cc(C(C)(C)C)c3)c3cc(C)c(C)cc3N1c1cc(C(C)(C)C)ccc1C(C)(C)C)N2c1cc(C(C)(C)C)cc(C(C)(C)C)c1.